The summed E-state index contributed by atoms with van der Waals surface area (Å²) >= 11 is 0. The number of carbonyl (C=O) groups is 1. The summed E-state index contributed by atoms with van der Waals surface area (Å²) in [4.78, 5) is 13.8. The van der Waals surface area contributed by atoms with Crippen LogP contribution in [0.4, 0.5) is 4.39 Å². The maximum atomic E-state index is 13.1. The third-order valence-electron chi connectivity index (χ3n) is 3.18. The molecule has 0 aliphatic carbocycles. The molecule has 1 aromatic carbocycles. The summed E-state index contributed by atoms with van der Waals surface area (Å²) in [6.07, 6.45) is 0. The monoisotopic (exact) mass is 266 g/mol. The highest BCUT2D eigenvalue weighted by atomic mass is 19.1. The molecule has 1 heterocycles. The fourth-order valence-electron chi connectivity index (χ4n) is 2.04. The number of rotatable bonds is 4. The summed E-state index contributed by atoms with van der Waals surface area (Å²) in [6, 6.07) is 4.88. The molecule has 1 fully saturated rings. The number of carbonyl (C=O) groups excluding carboxylic acids is 1. The Morgan fingerprint density at radius 3 is 2.84 bits per heavy atom. The summed E-state index contributed by atoms with van der Waals surface area (Å²) in [6.45, 7) is 5.50. The van der Waals surface area contributed by atoms with E-state index in [9.17, 15) is 9.18 Å². The van der Waals surface area contributed by atoms with Crippen molar-refractivity contribution in [2.75, 3.05) is 32.8 Å². The van der Waals surface area contributed by atoms with Crippen LogP contribution in [0.25, 0.3) is 0 Å². The van der Waals surface area contributed by atoms with Gasteiger partial charge >= 0.3 is 0 Å². The molecular formula is C14H19FN2O2. The zero-order chi connectivity index (χ0) is 13.7. The molecule has 1 saturated heterocycles. The molecule has 0 aromatic heterocycles. The molecule has 5 heteroatoms. The molecule has 1 amide bonds. The zero-order valence-corrected chi connectivity index (χ0v) is 11.1. The second-order valence-corrected chi connectivity index (χ2v) is 4.75. The largest absolute Gasteiger partial charge is 0.379 e. The van der Waals surface area contributed by atoms with Gasteiger partial charge in [-0.25, -0.2) is 4.39 Å². The Bertz CT molecular complexity index is 445. The average molecular weight is 266 g/mol. The smallest absolute Gasteiger partial charge is 0.234 e. The van der Waals surface area contributed by atoms with E-state index in [1.165, 1.54) is 6.07 Å². The van der Waals surface area contributed by atoms with Gasteiger partial charge in [0.1, 0.15) is 5.82 Å². The van der Waals surface area contributed by atoms with Crippen LogP contribution < -0.4 is 5.32 Å². The number of aryl methyl sites for hydroxylation is 1. The van der Waals surface area contributed by atoms with Gasteiger partial charge in [0.05, 0.1) is 19.8 Å². The maximum Gasteiger partial charge on any atom is 0.234 e. The second kappa shape index (κ2) is 6.63. The van der Waals surface area contributed by atoms with E-state index in [2.05, 4.69) is 10.2 Å². The van der Waals surface area contributed by atoms with Gasteiger partial charge in [0, 0.05) is 19.6 Å². The molecule has 1 aliphatic rings. The Morgan fingerprint density at radius 2 is 2.16 bits per heavy atom. The molecule has 2 rings (SSSR count). The molecular weight excluding hydrogens is 247 g/mol. The van der Waals surface area contributed by atoms with Crippen molar-refractivity contribution in [2.45, 2.75) is 13.5 Å². The van der Waals surface area contributed by atoms with Crippen molar-refractivity contribution in [1.82, 2.24) is 10.2 Å². The first-order chi connectivity index (χ1) is 9.15. The van der Waals surface area contributed by atoms with Crippen LogP contribution in [0, 0.1) is 12.7 Å². The standard InChI is InChI=1S/C14H19FN2O2/c1-11-8-12(2-3-13(11)15)9-16-14(18)10-17-4-6-19-7-5-17/h2-3,8H,4-7,9-10H2,1H3,(H,16,18). The Morgan fingerprint density at radius 1 is 1.42 bits per heavy atom. The zero-order valence-electron chi connectivity index (χ0n) is 11.1. The number of benzene rings is 1. The van der Waals surface area contributed by atoms with E-state index < -0.39 is 0 Å². The third-order valence-corrected chi connectivity index (χ3v) is 3.18. The van der Waals surface area contributed by atoms with E-state index in [1.807, 2.05) is 0 Å². The Kier molecular flexibility index (Phi) is 4.87. The summed E-state index contributed by atoms with van der Waals surface area (Å²) in [5.74, 6) is -0.229. The van der Waals surface area contributed by atoms with Gasteiger partial charge in [0.25, 0.3) is 0 Å². The van der Waals surface area contributed by atoms with E-state index in [1.54, 1.807) is 19.1 Å². The van der Waals surface area contributed by atoms with E-state index in [-0.39, 0.29) is 11.7 Å². The number of amides is 1. The van der Waals surface area contributed by atoms with Crippen molar-refractivity contribution in [1.29, 1.82) is 0 Å². The Labute approximate surface area is 112 Å². The molecule has 0 radical (unpaired) electrons. The van der Waals surface area contributed by atoms with E-state index in [0.29, 0.717) is 31.9 Å². The minimum atomic E-state index is -0.219. The number of hydrogen-bond acceptors (Lipinski definition) is 3. The molecule has 1 aromatic rings. The fourth-order valence-corrected chi connectivity index (χ4v) is 2.04. The number of morpholine rings is 1. The van der Waals surface area contributed by atoms with Gasteiger partial charge in [-0.3, -0.25) is 9.69 Å². The van der Waals surface area contributed by atoms with Gasteiger partial charge in [-0.05, 0) is 24.1 Å². The lowest BCUT2D eigenvalue weighted by Crippen LogP contribution is -2.43. The van der Waals surface area contributed by atoms with Crippen LogP contribution >= 0.6 is 0 Å². The van der Waals surface area contributed by atoms with Gasteiger partial charge in [-0.2, -0.15) is 0 Å². The number of ether oxygens (including phenoxy) is 1. The molecule has 1 N–H and O–H groups in total. The van der Waals surface area contributed by atoms with Crippen LogP contribution in [0.15, 0.2) is 18.2 Å². The van der Waals surface area contributed by atoms with Crippen LogP contribution in [0.2, 0.25) is 0 Å². The van der Waals surface area contributed by atoms with Gasteiger partial charge in [-0.15, -0.1) is 0 Å². The quantitative estimate of drug-likeness (QED) is 0.887. The first kappa shape index (κ1) is 14.0. The van der Waals surface area contributed by atoms with Gasteiger partial charge < -0.3 is 10.1 Å². The molecule has 19 heavy (non-hydrogen) atoms. The molecule has 1 aliphatic heterocycles. The van der Waals surface area contributed by atoms with Crippen molar-refractivity contribution in [3.05, 3.63) is 35.1 Å². The Balaban J connectivity index is 1.77. The first-order valence-corrected chi connectivity index (χ1v) is 6.47. The molecule has 0 unspecified atom stereocenters. The molecule has 0 spiro atoms. The number of nitrogens with one attached hydrogen (secondary N) is 1. The van der Waals surface area contributed by atoms with Gasteiger partial charge in [0.15, 0.2) is 0 Å². The van der Waals surface area contributed by atoms with Crippen molar-refractivity contribution in [2.24, 2.45) is 0 Å². The van der Waals surface area contributed by atoms with E-state index in [4.69, 9.17) is 4.74 Å². The Hall–Kier alpha value is -1.46. The predicted molar refractivity (Wildman–Crippen MR) is 70.2 cm³/mol. The van der Waals surface area contributed by atoms with E-state index in [0.717, 1.165) is 18.7 Å². The van der Waals surface area contributed by atoms with Crippen LogP contribution in [0.1, 0.15) is 11.1 Å². The molecule has 4 nitrogen and oxygen atoms in total. The minimum absolute atomic E-state index is 0.0103. The predicted octanol–water partition coefficient (Wildman–Crippen LogP) is 1.08. The number of nitrogens with zero attached hydrogens (tertiary/aromatic N) is 1. The van der Waals surface area contributed by atoms with Gasteiger partial charge in [0.2, 0.25) is 5.91 Å². The van der Waals surface area contributed by atoms with Crippen LogP contribution in [0.5, 0.6) is 0 Å². The summed E-state index contributed by atoms with van der Waals surface area (Å²) < 4.78 is 18.3. The maximum absolute atomic E-state index is 13.1. The second-order valence-electron chi connectivity index (χ2n) is 4.75. The third kappa shape index (κ3) is 4.29. The summed E-state index contributed by atoms with van der Waals surface area (Å²) in [5.41, 5.74) is 1.51. The lowest BCUT2D eigenvalue weighted by molar-refractivity contribution is -0.123. The number of hydrogen-bond donors (Lipinski definition) is 1. The molecule has 0 bridgehead atoms. The molecule has 104 valence electrons. The highest BCUT2D eigenvalue weighted by Gasteiger charge is 2.13. The highest BCUT2D eigenvalue weighted by Crippen LogP contribution is 2.08. The van der Waals surface area contributed by atoms with Crippen molar-refractivity contribution in [3.63, 3.8) is 0 Å². The fraction of sp³-hybridized carbons (Fsp3) is 0.500. The molecule has 0 atom stereocenters. The number of halogens is 1. The normalized spacial score (nSPS) is 16.3. The summed E-state index contributed by atoms with van der Waals surface area (Å²) in [5, 5.41) is 2.85. The SMILES string of the molecule is Cc1cc(CNC(=O)CN2CCOCC2)ccc1F. The van der Waals surface area contributed by atoms with Crippen molar-refractivity contribution in [3.8, 4) is 0 Å². The lowest BCUT2D eigenvalue weighted by Gasteiger charge is -2.25. The van der Waals surface area contributed by atoms with Crippen LogP contribution in [0.3, 0.4) is 0 Å². The molecule has 0 saturated carbocycles. The highest BCUT2D eigenvalue weighted by molar-refractivity contribution is 5.78. The minimum Gasteiger partial charge on any atom is -0.379 e. The van der Waals surface area contributed by atoms with Crippen LogP contribution in [-0.4, -0.2) is 43.7 Å². The van der Waals surface area contributed by atoms with Crippen LogP contribution in [-0.2, 0) is 16.1 Å². The van der Waals surface area contributed by atoms with Gasteiger partial charge in [-0.1, -0.05) is 12.1 Å². The van der Waals surface area contributed by atoms with Crippen molar-refractivity contribution >= 4 is 5.91 Å². The first-order valence-electron chi connectivity index (χ1n) is 6.47. The average Bonchev–Trinajstić information content (AvgIpc) is 2.41. The summed E-state index contributed by atoms with van der Waals surface area (Å²) in [7, 11) is 0. The lowest BCUT2D eigenvalue weighted by atomic mass is 10.1. The van der Waals surface area contributed by atoms with E-state index >= 15 is 0 Å². The topological polar surface area (TPSA) is 41.6 Å². The van der Waals surface area contributed by atoms with Crippen molar-refractivity contribution < 1.29 is 13.9 Å².